The lowest BCUT2D eigenvalue weighted by atomic mass is 10.1. The van der Waals surface area contributed by atoms with Gasteiger partial charge < -0.3 is 9.30 Å². The van der Waals surface area contributed by atoms with Gasteiger partial charge in [0.15, 0.2) is 0 Å². The smallest absolute Gasteiger partial charge is 0.139 e. The van der Waals surface area contributed by atoms with Crippen LogP contribution in [0.2, 0.25) is 0 Å². The van der Waals surface area contributed by atoms with E-state index in [0.29, 0.717) is 0 Å². The molecular weight excluding hydrogens is 224 g/mol. The van der Waals surface area contributed by atoms with E-state index in [4.69, 9.17) is 4.74 Å². The van der Waals surface area contributed by atoms with Gasteiger partial charge in [0.05, 0.1) is 0 Å². The van der Waals surface area contributed by atoms with Gasteiger partial charge in [-0.15, -0.1) is 0 Å². The van der Waals surface area contributed by atoms with Crippen LogP contribution in [0.15, 0.2) is 42.7 Å². The molecule has 1 aromatic carbocycles. The van der Waals surface area contributed by atoms with Crippen molar-refractivity contribution in [2.45, 2.75) is 19.4 Å². The minimum atomic E-state index is 0.719. The number of aromatic nitrogens is 2. The lowest BCUT2D eigenvalue weighted by molar-refractivity contribution is 0.183. The molecule has 18 heavy (non-hydrogen) atoms. The summed E-state index contributed by atoms with van der Waals surface area (Å²) in [5.41, 5.74) is 1.19. The third-order valence-corrected chi connectivity index (χ3v) is 3.55. The van der Waals surface area contributed by atoms with Gasteiger partial charge >= 0.3 is 0 Å². The topological polar surface area (TPSA) is 27.1 Å². The number of rotatable bonds is 4. The second-order valence-electron chi connectivity index (χ2n) is 4.83. The number of ether oxygens (including phenoxy) is 1. The highest BCUT2D eigenvalue weighted by Gasteiger charge is 2.16. The van der Waals surface area contributed by atoms with Crippen LogP contribution < -0.4 is 0 Å². The summed E-state index contributed by atoms with van der Waals surface area (Å²) >= 11 is 0. The van der Waals surface area contributed by atoms with Gasteiger partial charge in [0.2, 0.25) is 0 Å². The summed E-state index contributed by atoms with van der Waals surface area (Å²) in [6, 6.07) is 10.4. The predicted molar refractivity (Wildman–Crippen MR) is 71.2 cm³/mol. The third kappa shape index (κ3) is 2.46. The Labute approximate surface area is 107 Å². The van der Waals surface area contributed by atoms with E-state index in [1.54, 1.807) is 0 Å². The summed E-state index contributed by atoms with van der Waals surface area (Å²) in [6.45, 7) is 2.88. The van der Waals surface area contributed by atoms with E-state index >= 15 is 0 Å². The Morgan fingerprint density at radius 2 is 2.17 bits per heavy atom. The minimum absolute atomic E-state index is 0.719. The van der Waals surface area contributed by atoms with Crippen molar-refractivity contribution >= 4 is 0 Å². The average molecular weight is 242 g/mol. The van der Waals surface area contributed by atoms with Crippen LogP contribution in [0.4, 0.5) is 0 Å². The molecule has 94 valence electrons. The highest BCUT2D eigenvalue weighted by Crippen LogP contribution is 2.21. The zero-order valence-electron chi connectivity index (χ0n) is 10.5. The molecule has 0 N–H and O–H groups in total. The van der Waals surface area contributed by atoms with Crippen LogP contribution >= 0.6 is 0 Å². The summed E-state index contributed by atoms with van der Waals surface area (Å²) in [7, 11) is 0. The van der Waals surface area contributed by atoms with Gasteiger partial charge in [-0.25, -0.2) is 4.98 Å². The first-order valence-corrected chi connectivity index (χ1v) is 6.58. The van der Waals surface area contributed by atoms with Gasteiger partial charge in [0.1, 0.15) is 5.82 Å². The number of imidazole rings is 1. The summed E-state index contributed by atoms with van der Waals surface area (Å²) in [5.74, 6) is 1.78. The molecule has 1 aliphatic heterocycles. The summed E-state index contributed by atoms with van der Waals surface area (Å²) < 4.78 is 7.66. The van der Waals surface area contributed by atoms with Crippen LogP contribution in [0, 0.1) is 5.92 Å². The number of aryl methyl sites for hydroxylation is 1. The maximum Gasteiger partial charge on any atom is 0.139 e. The quantitative estimate of drug-likeness (QED) is 0.824. The highest BCUT2D eigenvalue weighted by molar-refractivity contribution is 5.54. The summed E-state index contributed by atoms with van der Waals surface area (Å²) in [5, 5.41) is 0. The molecule has 1 saturated heterocycles. The molecule has 3 nitrogen and oxygen atoms in total. The molecule has 0 radical (unpaired) electrons. The van der Waals surface area contributed by atoms with Crippen molar-refractivity contribution in [3.63, 3.8) is 0 Å². The first-order valence-electron chi connectivity index (χ1n) is 6.58. The number of nitrogens with zero attached hydrogens (tertiary/aromatic N) is 2. The Morgan fingerprint density at radius 1 is 1.28 bits per heavy atom. The highest BCUT2D eigenvalue weighted by atomic mass is 16.5. The van der Waals surface area contributed by atoms with Crippen molar-refractivity contribution in [2.75, 3.05) is 13.2 Å². The molecule has 2 aromatic rings. The van der Waals surface area contributed by atoms with Crippen molar-refractivity contribution in [3.05, 3.63) is 42.7 Å². The van der Waals surface area contributed by atoms with Crippen molar-refractivity contribution in [1.29, 1.82) is 0 Å². The Balaban J connectivity index is 1.71. The summed E-state index contributed by atoms with van der Waals surface area (Å²) in [6.07, 6.45) is 6.33. The maximum absolute atomic E-state index is 5.42. The Hall–Kier alpha value is -1.61. The Kier molecular flexibility index (Phi) is 3.42. The van der Waals surface area contributed by atoms with E-state index in [1.807, 2.05) is 12.3 Å². The van der Waals surface area contributed by atoms with Gasteiger partial charge in [-0.05, 0) is 18.8 Å². The van der Waals surface area contributed by atoms with Crippen LogP contribution in [0.1, 0.15) is 12.8 Å². The van der Waals surface area contributed by atoms with Crippen LogP contribution in [0.3, 0.4) is 0 Å². The molecule has 1 aliphatic rings. The zero-order chi connectivity index (χ0) is 12.2. The number of hydrogen-bond acceptors (Lipinski definition) is 2. The van der Waals surface area contributed by atoms with Crippen molar-refractivity contribution in [2.24, 2.45) is 5.92 Å². The van der Waals surface area contributed by atoms with E-state index in [1.165, 1.54) is 18.4 Å². The molecule has 3 rings (SSSR count). The predicted octanol–water partition coefficient (Wildman–Crippen LogP) is 2.98. The largest absolute Gasteiger partial charge is 0.381 e. The summed E-state index contributed by atoms with van der Waals surface area (Å²) in [4.78, 5) is 4.46. The van der Waals surface area contributed by atoms with Crippen molar-refractivity contribution in [3.8, 4) is 11.4 Å². The Morgan fingerprint density at radius 3 is 2.94 bits per heavy atom. The fourth-order valence-electron chi connectivity index (χ4n) is 2.47. The molecule has 1 unspecified atom stereocenters. The fraction of sp³-hybridized carbons (Fsp3) is 0.400. The minimum Gasteiger partial charge on any atom is -0.381 e. The molecular formula is C15H18N2O. The van der Waals surface area contributed by atoms with Crippen molar-refractivity contribution < 1.29 is 4.74 Å². The molecule has 2 heterocycles. The monoisotopic (exact) mass is 242 g/mol. The van der Waals surface area contributed by atoms with E-state index < -0.39 is 0 Å². The van der Waals surface area contributed by atoms with Crippen molar-refractivity contribution in [1.82, 2.24) is 9.55 Å². The van der Waals surface area contributed by atoms with Crippen LogP contribution in [-0.4, -0.2) is 22.8 Å². The van der Waals surface area contributed by atoms with E-state index in [-0.39, 0.29) is 0 Å². The molecule has 0 aliphatic carbocycles. The first-order chi connectivity index (χ1) is 8.93. The molecule has 0 amide bonds. The lowest BCUT2D eigenvalue weighted by Gasteiger charge is -2.10. The number of hydrogen-bond donors (Lipinski definition) is 0. The molecule has 1 fully saturated rings. The van der Waals surface area contributed by atoms with E-state index in [0.717, 1.165) is 31.5 Å². The molecule has 1 atom stereocenters. The van der Waals surface area contributed by atoms with Gasteiger partial charge in [-0.1, -0.05) is 30.3 Å². The van der Waals surface area contributed by atoms with Gasteiger partial charge in [0.25, 0.3) is 0 Å². The molecule has 3 heteroatoms. The Bertz CT molecular complexity index is 486. The molecule has 0 saturated carbocycles. The molecule has 0 bridgehead atoms. The van der Waals surface area contributed by atoms with Crippen LogP contribution in [-0.2, 0) is 11.3 Å². The fourth-order valence-corrected chi connectivity index (χ4v) is 2.47. The zero-order valence-corrected chi connectivity index (χ0v) is 10.5. The molecule has 0 spiro atoms. The van der Waals surface area contributed by atoms with Crippen LogP contribution in [0.5, 0.6) is 0 Å². The van der Waals surface area contributed by atoms with Gasteiger partial charge in [-0.3, -0.25) is 0 Å². The third-order valence-electron chi connectivity index (χ3n) is 3.55. The lowest BCUT2D eigenvalue weighted by Crippen LogP contribution is -2.06. The van der Waals surface area contributed by atoms with E-state index in [2.05, 4.69) is 40.0 Å². The second kappa shape index (κ2) is 5.36. The average Bonchev–Trinajstić information content (AvgIpc) is 3.09. The molecule has 1 aromatic heterocycles. The maximum atomic E-state index is 5.42. The normalized spacial score (nSPS) is 19.2. The standard InChI is InChI=1S/C15H18N2O/c1-2-4-14(5-3-1)15-16-8-10-17(15)9-6-13-7-11-18-12-13/h1-5,8,10,13H,6-7,9,11-12H2. The van der Waals surface area contributed by atoms with Crippen LogP contribution in [0.25, 0.3) is 11.4 Å². The van der Waals surface area contributed by atoms with E-state index in [9.17, 15) is 0 Å². The number of benzene rings is 1. The SMILES string of the molecule is c1ccc(-c2nccn2CCC2CCOC2)cc1. The van der Waals surface area contributed by atoms with Gasteiger partial charge in [0, 0.05) is 37.7 Å². The first kappa shape index (κ1) is 11.5. The van der Waals surface area contributed by atoms with Gasteiger partial charge in [-0.2, -0.15) is 0 Å². The second-order valence-corrected chi connectivity index (χ2v) is 4.83.